The van der Waals surface area contributed by atoms with Gasteiger partial charge in [-0.2, -0.15) is 0 Å². The Morgan fingerprint density at radius 3 is 2.67 bits per heavy atom. The standard InChI is InChI=1S/C30H39ClN2O5S/c1-5-7-8-11-17-38-29(37)24-23-14-15-30(39-23)25(24)27(35)33(22(18-34)19(3)4)26(30)28(36)32(16-6-2)21-13-10-9-12-20(21)31/h5-6,9-10,12-13,19,22-26,34H,1-2,7-8,11,14-18H2,3-4H3/t22-,23+,24-,25-,26?,30?/m0/s1. The van der Waals surface area contributed by atoms with Crippen molar-refractivity contribution in [2.75, 3.05) is 24.7 Å². The Morgan fingerprint density at radius 1 is 1.28 bits per heavy atom. The minimum atomic E-state index is -0.855. The van der Waals surface area contributed by atoms with Crippen LogP contribution >= 0.6 is 23.4 Å². The van der Waals surface area contributed by atoms with Crippen molar-refractivity contribution in [1.29, 1.82) is 0 Å². The van der Waals surface area contributed by atoms with E-state index in [-0.39, 0.29) is 42.1 Å². The summed E-state index contributed by atoms with van der Waals surface area (Å²) in [4.78, 5) is 45.4. The maximum absolute atomic E-state index is 14.6. The molecule has 3 fully saturated rings. The second-order valence-electron chi connectivity index (χ2n) is 10.9. The maximum Gasteiger partial charge on any atom is 0.310 e. The lowest BCUT2D eigenvalue weighted by atomic mass is 9.71. The van der Waals surface area contributed by atoms with Crippen molar-refractivity contribution in [1.82, 2.24) is 4.90 Å². The number of carbonyl (C=O) groups is 3. The maximum atomic E-state index is 14.6. The minimum Gasteiger partial charge on any atom is -0.465 e. The van der Waals surface area contributed by atoms with Gasteiger partial charge in [-0.15, -0.1) is 24.9 Å². The highest BCUT2D eigenvalue weighted by molar-refractivity contribution is 8.02. The Balaban J connectivity index is 1.73. The van der Waals surface area contributed by atoms with Crippen LogP contribution < -0.4 is 4.90 Å². The summed E-state index contributed by atoms with van der Waals surface area (Å²) in [6.07, 6.45) is 7.29. The van der Waals surface area contributed by atoms with Crippen molar-refractivity contribution in [2.24, 2.45) is 17.8 Å². The molecule has 3 heterocycles. The van der Waals surface area contributed by atoms with Crippen LogP contribution in [0.2, 0.25) is 5.02 Å². The van der Waals surface area contributed by atoms with Gasteiger partial charge in [0.1, 0.15) is 6.04 Å². The van der Waals surface area contributed by atoms with Crippen molar-refractivity contribution in [3.05, 3.63) is 54.6 Å². The molecule has 2 unspecified atom stereocenters. The second kappa shape index (κ2) is 12.5. The van der Waals surface area contributed by atoms with Crippen molar-refractivity contribution in [3.8, 4) is 0 Å². The smallest absolute Gasteiger partial charge is 0.310 e. The molecule has 2 amide bonds. The average molecular weight is 575 g/mol. The monoisotopic (exact) mass is 574 g/mol. The van der Waals surface area contributed by atoms with E-state index < -0.39 is 28.7 Å². The van der Waals surface area contributed by atoms with E-state index in [9.17, 15) is 19.5 Å². The summed E-state index contributed by atoms with van der Waals surface area (Å²) in [6, 6.07) is 5.68. The summed E-state index contributed by atoms with van der Waals surface area (Å²) in [6.45, 7) is 11.6. The molecule has 0 saturated carbocycles. The van der Waals surface area contributed by atoms with Crippen LogP contribution in [0.1, 0.15) is 46.0 Å². The van der Waals surface area contributed by atoms with Crippen LogP contribution in [0.5, 0.6) is 0 Å². The van der Waals surface area contributed by atoms with Crippen LogP contribution in [0.25, 0.3) is 0 Å². The van der Waals surface area contributed by atoms with Crippen LogP contribution in [0, 0.1) is 17.8 Å². The van der Waals surface area contributed by atoms with Gasteiger partial charge in [-0.25, -0.2) is 0 Å². The van der Waals surface area contributed by atoms with Gasteiger partial charge >= 0.3 is 5.97 Å². The summed E-state index contributed by atoms with van der Waals surface area (Å²) in [5, 5.41) is 10.7. The molecule has 0 aromatic heterocycles. The van der Waals surface area contributed by atoms with E-state index in [0.717, 1.165) is 25.7 Å². The fourth-order valence-corrected chi connectivity index (χ4v) is 8.95. The molecule has 3 aliphatic heterocycles. The molecule has 1 aromatic rings. The molecule has 3 saturated heterocycles. The predicted octanol–water partition coefficient (Wildman–Crippen LogP) is 4.87. The molecule has 0 aliphatic carbocycles. The molecule has 1 aromatic carbocycles. The summed E-state index contributed by atoms with van der Waals surface area (Å²) in [5.74, 6) is -2.28. The lowest BCUT2D eigenvalue weighted by Crippen LogP contribution is -2.58. The van der Waals surface area contributed by atoms with Crippen LogP contribution in [0.15, 0.2) is 49.6 Å². The third-order valence-electron chi connectivity index (χ3n) is 8.33. The number of carbonyl (C=O) groups excluding carboxylic acids is 3. The number of para-hydroxylation sites is 1. The molecule has 4 rings (SSSR count). The highest BCUT2D eigenvalue weighted by Crippen LogP contribution is 2.67. The van der Waals surface area contributed by atoms with Crippen molar-refractivity contribution < 1.29 is 24.2 Å². The highest BCUT2D eigenvalue weighted by atomic mass is 35.5. The molecule has 2 bridgehead atoms. The Labute approximate surface area is 240 Å². The van der Waals surface area contributed by atoms with Gasteiger partial charge in [-0.3, -0.25) is 14.4 Å². The van der Waals surface area contributed by atoms with Crippen molar-refractivity contribution >= 4 is 46.8 Å². The van der Waals surface area contributed by atoms with Crippen molar-refractivity contribution in [3.63, 3.8) is 0 Å². The number of benzene rings is 1. The quantitative estimate of drug-likeness (QED) is 0.205. The van der Waals surface area contributed by atoms with Crippen LogP contribution in [-0.4, -0.2) is 69.6 Å². The van der Waals surface area contributed by atoms with Gasteiger partial charge in [-0.1, -0.05) is 49.7 Å². The van der Waals surface area contributed by atoms with E-state index in [1.165, 1.54) is 0 Å². The van der Waals surface area contributed by atoms with Crippen LogP contribution in [0.4, 0.5) is 5.69 Å². The molecule has 3 aliphatic rings. The van der Waals surface area contributed by atoms with E-state index in [0.29, 0.717) is 23.7 Å². The SMILES string of the molecule is C=CCCCCOC(=O)[C@@H]1[C@H]2C(=O)N([C@@H](CO)C(C)C)C(C(=O)N(CC=C)c3ccccc3Cl)C23CC[C@H]1S3. The first-order chi connectivity index (χ1) is 18.7. The zero-order chi connectivity index (χ0) is 28.3. The number of esters is 1. The number of amides is 2. The van der Waals surface area contributed by atoms with E-state index in [1.807, 2.05) is 26.0 Å². The van der Waals surface area contributed by atoms with Crippen LogP contribution in [0.3, 0.4) is 0 Å². The Morgan fingerprint density at radius 2 is 2.03 bits per heavy atom. The number of nitrogens with zero attached hydrogens (tertiary/aromatic N) is 2. The lowest BCUT2D eigenvalue weighted by Gasteiger charge is -2.40. The molecular weight excluding hydrogens is 536 g/mol. The normalized spacial score (nSPS) is 27.9. The summed E-state index contributed by atoms with van der Waals surface area (Å²) >= 11 is 8.11. The largest absolute Gasteiger partial charge is 0.465 e. The molecular formula is C30H39ClN2O5S. The van der Waals surface area contributed by atoms with Gasteiger partial charge in [-0.05, 0) is 50.2 Å². The first-order valence-electron chi connectivity index (χ1n) is 13.8. The number of rotatable bonds is 13. The average Bonchev–Trinajstić information content (AvgIpc) is 3.55. The molecule has 1 N–H and O–H groups in total. The molecule has 212 valence electrons. The zero-order valence-electron chi connectivity index (χ0n) is 22.8. The van der Waals surface area contributed by atoms with Gasteiger partial charge in [0.05, 0.1) is 46.5 Å². The van der Waals surface area contributed by atoms with Crippen LogP contribution in [-0.2, 0) is 19.1 Å². The number of hydrogen-bond donors (Lipinski definition) is 1. The number of aliphatic hydroxyl groups excluding tert-OH is 1. The number of thioether (sulfide) groups is 1. The third-order valence-corrected chi connectivity index (χ3v) is 10.6. The van der Waals surface area contributed by atoms with Gasteiger partial charge in [0.15, 0.2) is 0 Å². The fourth-order valence-electron chi connectivity index (χ4n) is 6.53. The first kappa shape index (κ1) is 29.7. The highest BCUT2D eigenvalue weighted by Gasteiger charge is 2.75. The predicted molar refractivity (Wildman–Crippen MR) is 156 cm³/mol. The van der Waals surface area contributed by atoms with E-state index in [1.54, 1.807) is 45.8 Å². The second-order valence-corrected chi connectivity index (χ2v) is 12.9. The number of unbranched alkanes of at least 4 members (excludes halogenated alkanes) is 2. The number of aliphatic hydroxyl groups is 1. The van der Waals surface area contributed by atoms with E-state index >= 15 is 0 Å². The van der Waals surface area contributed by atoms with Gasteiger partial charge in [0.25, 0.3) is 5.91 Å². The number of fused-ring (bicyclic) bond motifs is 1. The Hall–Kier alpha value is -2.29. The molecule has 0 radical (unpaired) electrons. The molecule has 1 spiro atoms. The molecule has 6 atom stereocenters. The topological polar surface area (TPSA) is 87.1 Å². The first-order valence-corrected chi connectivity index (χ1v) is 15.0. The molecule has 9 heteroatoms. The van der Waals surface area contributed by atoms with Gasteiger partial charge in [0.2, 0.25) is 5.91 Å². The fraction of sp³-hybridized carbons (Fsp3) is 0.567. The number of likely N-dealkylation sites (tertiary alicyclic amines) is 1. The number of allylic oxidation sites excluding steroid dienone is 1. The summed E-state index contributed by atoms with van der Waals surface area (Å²) in [5.41, 5.74) is 0.537. The molecule has 7 nitrogen and oxygen atoms in total. The minimum absolute atomic E-state index is 0.0862. The van der Waals surface area contributed by atoms with E-state index in [2.05, 4.69) is 13.2 Å². The van der Waals surface area contributed by atoms with Crippen molar-refractivity contribution in [2.45, 2.75) is 68.0 Å². The lowest BCUT2D eigenvalue weighted by molar-refractivity contribution is -0.154. The number of halogens is 1. The Bertz CT molecular complexity index is 1110. The number of anilines is 1. The Kier molecular flexibility index (Phi) is 9.50. The number of ether oxygens (including phenoxy) is 1. The number of hydrogen-bond acceptors (Lipinski definition) is 6. The zero-order valence-corrected chi connectivity index (χ0v) is 24.3. The summed E-state index contributed by atoms with van der Waals surface area (Å²) < 4.78 is 4.90. The van der Waals surface area contributed by atoms with E-state index in [4.69, 9.17) is 16.3 Å². The van der Waals surface area contributed by atoms with Gasteiger partial charge < -0.3 is 19.6 Å². The molecule has 39 heavy (non-hydrogen) atoms. The third kappa shape index (κ3) is 5.27. The van der Waals surface area contributed by atoms with Gasteiger partial charge in [0, 0.05) is 11.8 Å². The summed E-state index contributed by atoms with van der Waals surface area (Å²) in [7, 11) is 0.